The van der Waals surface area contributed by atoms with E-state index in [-0.39, 0.29) is 12.4 Å². The summed E-state index contributed by atoms with van der Waals surface area (Å²) in [7, 11) is 0. The van der Waals surface area contributed by atoms with E-state index >= 15 is 0 Å². The van der Waals surface area contributed by atoms with Gasteiger partial charge in [-0.1, -0.05) is 23.8 Å². The van der Waals surface area contributed by atoms with Gasteiger partial charge in [0.05, 0.1) is 17.1 Å². The van der Waals surface area contributed by atoms with Gasteiger partial charge in [-0.15, -0.1) is 11.3 Å². The van der Waals surface area contributed by atoms with Gasteiger partial charge in [0.1, 0.15) is 6.61 Å². The van der Waals surface area contributed by atoms with E-state index < -0.39 is 0 Å². The Labute approximate surface area is 117 Å². The van der Waals surface area contributed by atoms with Crippen molar-refractivity contribution >= 4 is 17.3 Å². The summed E-state index contributed by atoms with van der Waals surface area (Å²) in [4.78, 5) is 16.0. The third-order valence-electron chi connectivity index (χ3n) is 2.89. The largest absolute Gasteiger partial charge is 0.461 e. The van der Waals surface area contributed by atoms with E-state index in [4.69, 9.17) is 4.74 Å². The predicted molar refractivity (Wildman–Crippen MR) is 76.3 cm³/mol. The summed E-state index contributed by atoms with van der Waals surface area (Å²) >= 11 is 1.55. The highest BCUT2D eigenvalue weighted by atomic mass is 32.1. The van der Waals surface area contributed by atoms with E-state index in [1.165, 1.54) is 5.56 Å². The average molecular weight is 275 g/mol. The molecule has 2 rings (SSSR count). The first-order valence-corrected chi connectivity index (χ1v) is 7.05. The summed E-state index contributed by atoms with van der Waals surface area (Å²) in [5, 5.41) is 2.87. The molecule has 0 radical (unpaired) electrons. The first kappa shape index (κ1) is 13.7. The number of aromatic nitrogens is 1. The molecule has 3 nitrogen and oxygen atoms in total. The Kier molecular flexibility index (Phi) is 4.32. The van der Waals surface area contributed by atoms with Crippen molar-refractivity contribution in [2.45, 2.75) is 33.8 Å². The topological polar surface area (TPSA) is 39.2 Å². The molecule has 100 valence electrons. The van der Waals surface area contributed by atoms with Gasteiger partial charge in [-0.3, -0.25) is 4.79 Å². The van der Waals surface area contributed by atoms with Gasteiger partial charge in [0, 0.05) is 5.38 Å². The van der Waals surface area contributed by atoms with E-state index in [0.29, 0.717) is 6.61 Å². The Hall–Kier alpha value is -1.68. The number of carbonyl (C=O) groups is 1. The predicted octanol–water partition coefficient (Wildman–Crippen LogP) is 3.35. The Morgan fingerprint density at radius 1 is 1.32 bits per heavy atom. The van der Waals surface area contributed by atoms with Crippen molar-refractivity contribution in [2.75, 3.05) is 0 Å². The molecule has 2 aromatic rings. The lowest BCUT2D eigenvalue weighted by atomic mass is 10.1. The second-order valence-electron chi connectivity index (χ2n) is 4.63. The molecule has 0 aliphatic rings. The fourth-order valence-corrected chi connectivity index (χ4v) is 2.41. The van der Waals surface area contributed by atoms with Crippen molar-refractivity contribution in [3.05, 3.63) is 51.0 Å². The Balaban J connectivity index is 1.91. The number of hydrogen-bond donors (Lipinski definition) is 0. The average Bonchev–Trinajstić information content (AvgIpc) is 2.76. The van der Waals surface area contributed by atoms with Crippen LogP contribution >= 0.6 is 11.3 Å². The summed E-state index contributed by atoms with van der Waals surface area (Å²) in [6.07, 6.45) is 0.245. The lowest BCUT2D eigenvalue weighted by Crippen LogP contribution is -2.09. The third-order valence-corrected chi connectivity index (χ3v) is 3.71. The number of thiazole rings is 1. The Morgan fingerprint density at radius 3 is 2.79 bits per heavy atom. The number of hydrogen-bond acceptors (Lipinski definition) is 4. The molecule has 0 unspecified atom stereocenters. The highest BCUT2D eigenvalue weighted by molar-refractivity contribution is 7.09. The number of nitrogens with zero attached hydrogens (tertiary/aromatic N) is 1. The molecule has 0 N–H and O–H groups in total. The van der Waals surface area contributed by atoms with Gasteiger partial charge in [-0.2, -0.15) is 0 Å². The summed E-state index contributed by atoms with van der Waals surface area (Å²) < 4.78 is 5.30. The van der Waals surface area contributed by atoms with Crippen LogP contribution in [0.25, 0.3) is 0 Å². The van der Waals surface area contributed by atoms with Crippen LogP contribution in [-0.2, 0) is 22.6 Å². The van der Waals surface area contributed by atoms with Crippen LogP contribution < -0.4 is 0 Å². The zero-order chi connectivity index (χ0) is 13.8. The number of esters is 1. The van der Waals surface area contributed by atoms with E-state index in [1.54, 1.807) is 11.3 Å². The molecule has 0 saturated heterocycles. The molecule has 0 atom stereocenters. The highest BCUT2D eigenvalue weighted by Crippen LogP contribution is 2.13. The fourth-order valence-electron chi connectivity index (χ4n) is 1.80. The van der Waals surface area contributed by atoms with Crippen molar-refractivity contribution < 1.29 is 9.53 Å². The van der Waals surface area contributed by atoms with E-state index in [0.717, 1.165) is 21.8 Å². The molecule has 0 saturated carbocycles. The fraction of sp³-hybridized carbons (Fsp3) is 0.333. The minimum Gasteiger partial charge on any atom is -0.461 e. The first-order chi connectivity index (χ1) is 9.04. The number of carbonyl (C=O) groups excluding carboxylic acids is 1. The maximum atomic E-state index is 11.7. The summed E-state index contributed by atoms with van der Waals surface area (Å²) in [5.74, 6) is -0.230. The van der Waals surface area contributed by atoms with Crippen LogP contribution in [0.5, 0.6) is 0 Å². The molecule has 4 heteroatoms. The van der Waals surface area contributed by atoms with Crippen LogP contribution in [0.15, 0.2) is 23.6 Å². The zero-order valence-corrected chi connectivity index (χ0v) is 12.2. The molecule has 0 spiro atoms. The maximum absolute atomic E-state index is 11.7. The first-order valence-electron chi connectivity index (χ1n) is 6.17. The Morgan fingerprint density at radius 2 is 2.11 bits per heavy atom. The van der Waals surface area contributed by atoms with Gasteiger partial charge < -0.3 is 4.74 Å². The second kappa shape index (κ2) is 5.97. The minimum absolute atomic E-state index is 0.230. The summed E-state index contributed by atoms with van der Waals surface area (Å²) in [6.45, 7) is 6.31. The normalized spacial score (nSPS) is 10.5. The molecular weight excluding hydrogens is 258 g/mol. The van der Waals surface area contributed by atoms with Crippen molar-refractivity contribution in [3.8, 4) is 0 Å². The lowest BCUT2D eigenvalue weighted by Gasteiger charge is -2.08. The van der Waals surface area contributed by atoms with Crippen LogP contribution in [0.3, 0.4) is 0 Å². The molecule has 19 heavy (non-hydrogen) atoms. The smallest absolute Gasteiger partial charge is 0.312 e. The van der Waals surface area contributed by atoms with Gasteiger partial charge in [-0.25, -0.2) is 4.98 Å². The molecule has 0 bridgehead atoms. The third kappa shape index (κ3) is 3.89. The van der Waals surface area contributed by atoms with Gasteiger partial charge in [0.15, 0.2) is 0 Å². The standard InChI is InChI=1S/C15H17NO2S/c1-10-4-5-11(2)13(6-10)8-18-15(17)7-14-9-19-12(3)16-14/h4-6,9H,7-8H2,1-3H3. The quantitative estimate of drug-likeness (QED) is 0.803. The summed E-state index contributed by atoms with van der Waals surface area (Å²) in [5.41, 5.74) is 4.16. The highest BCUT2D eigenvalue weighted by Gasteiger charge is 2.09. The maximum Gasteiger partial charge on any atom is 0.312 e. The molecule has 0 amide bonds. The van der Waals surface area contributed by atoms with Gasteiger partial charge in [0.25, 0.3) is 0 Å². The molecular formula is C15H17NO2S. The van der Waals surface area contributed by atoms with Crippen molar-refractivity contribution in [3.63, 3.8) is 0 Å². The van der Waals surface area contributed by atoms with Gasteiger partial charge in [-0.05, 0) is 31.9 Å². The monoisotopic (exact) mass is 275 g/mol. The second-order valence-corrected chi connectivity index (χ2v) is 5.69. The number of rotatable bonds is 4. The van der Waals surface area contributed by atoms with Crippen molar-refractivity contribution in [1.82, 2.24) is 4.98 Å². The lowest BCUT2D eigenvalue weighted by molar-refractivity contribution is -0.144. The van der Waals surface area contributed by atoms with Crippen LogP contribution in [0.4, 0.5) is 0 Å². The molecule has 0 aliphatic heterocycles. The van der Waals surface area contributed by atoms with E-state index in [1.807, 2.05) is 32.2 Å². The van der Waals surface area contributed by atoms with Crippen LogP contribution in [0.1, 0.15) is 27.4 Å². The van der Waals surface area contributed by atoms with Gasteiger partial charge in [0.2, 0.25) is 0 Å². The molecule has 0 fully saturated rings. The minimum atomic E-state index is -0.230. The van der Waals surface area contributed by atoms with Crippen molar-refractivity contribution in [1.29, 1.82) is 0 Å². The zero-order valence-electron chi connectivity index (χ0n) is 11.4. The van der Waals surface area contributed by atoms with Crippen LogP contribution in [0.2, 0.25) is 0 Å². The molecule has 1 aromatic carbocycles. The number of aryl methyl sites for hydroxylation is 3. The molecule has 1 aromatic heterocycles. The summed E-state index contributed by atoms with van der Waals surface area (Å²) in [6, 6.07) is 6.15. The Bertz CT molecular complexity index is 590. The SMILES string of the molecule is Cc1ccc(C)c(COC(=O)Cc2csc(C)n2)c1. The van der Waals surface area contributed by atoms with Crippen LogP contribution in [-0.4, -0.2) is 11.0 Å². The number of benzene rings is 1. The van der Waals surface area contributed by atoms with E-state index in [2.05, 4.69) is 17.1 Å². The molecule has 0 aliphatic carbocycles. The van der Waals surface area contributed by atoms with Crippen molar-refractivity contribution in [2.24, 2.45) is 0 Å². The van der Waals surface area contributed by atoms with Gasteiger partial charge >= 0.3 is 5.97 Å². The van der Waals surface area contributed by atoms with Crippen LogP contribution in [0, 0.1) is 20.8 Å². The van der Waals surface area contributed by atoms with E-state index in [9.17, 15) is 4.79 Å². The number of ether oxygens (including phenoxy) is 1. The molecule has 1 heterocycles.